The second kappa shape index (κ2) is 7.84. The summed E-state index contributed by atoms with van der Waals surface area (Å²) in [6.07, 6.45) is 0. The first kappa shape index (κ1) is 18.0. The van der Waals surface area contributed by atoms with E-state index in [0.717, 1.165) is 0 Å². The van der Waals surface area contributed by atoms with Crippen LogP contribution in [0.25, 0.3) is 0 Å². The molecule has 0 aliphatic rings. The maximum Gasteiger partial charge on any atom is 0.243 e. The van der Waals surface area contributed by atoms with Crippen LogP contribution in [0.4, 0.5) is 5.69 Å². The summed E-state index contributed by atoms with van der Waals surface area (Å²) in [5.74, 6) is -0.882. The Hall–Kier alpha value is -1.01. The predicted octanol–water partition coefficient (Wildman–Crippen LogP) is 2.68. The number of hydrogen-bond donors (Lipinski definition) is 3. The fourth-order valence-corrected chi connectivity index (χ4v) is 2.34. The molecule has 4 N–H and O–H groups in total. The summed E-state index contributed by atoms with van der Waals surface area (Å²) in [7, 11) is 0. The molecule has 8 heteroatoms. The van der Waals surface area contributed by atoms with Crippen molar-refractivity contribution in [2.75, 3.05) is 11.9 Å². The number of hydrogen-bond acceptors (Lipinski definition) is 3. The summed E-state index contributed by atoms with van der Waals surface area (Å²) in [5, 5.41) is 5.75. The molecule has 0 bridgehead atoms. The lowest BCUT2D eigenvalue weighted by Crippen LogP contribution is -2.46. The van der Waals surface area contributed by atoms with Gasteiger partial charge in [0.2, 0.25) is 11.8 Å². The van der Waals surface area contributed by atoms with Gasteiger partial charge in [-0.3, -0.25) is 9.59 Å². The summed E-state index contributed by atoms with van der Waals surface area (Å²) in [6.45, 7) is 3.41. The Labute approximate surface area is 138 Å². The molecule has 21 heavy (non-hydrogen) atoms. The molecule has 1 rings (SSSR count). The molecule has 0 saturated carbocycles. The molecule has 2 amide bonds. The minimum atomic E-state index is -0.666. The highest BCUT2D eigenvalue weighted by Crippen LogP contribution is 2.33. The van der Waals surface area contributed by atoms with Crippen molar-refractivity contribution in [2.45, 2.75) is 19.9 Å². The molecule has 5 nitrogen and oxygen atoms in total. The third kappa shape index (κ3) is 5.36. The topological polar surface area (TPSA) is 84.2 Å². The molecular formula is C13H16Cl3N3O2. The van der Waals surface area contributed by atoms with Gasteiger partial charge in [-0.15, -0.1) is 0 Å². The monoisotopic (exact) mass is 351 g/mol. The summed E-state index contributed by atoms with van der Waals surface area (Å²) in [5.41, 5.74) is 5.91. The van der Waals surface area contributed by atoms with Gasteiger partial charge in [-0.05, 0) is 18.1 Å². The zero-order chi connectivity index (χ0) is 16.2. The molecule has 0 aliphatic heterocycles. The first-order valence-electron chi connectivity index (χ1n) is 6.20. The molecular weight excluding hydrogens is 337 g/mol. The summed E-state index contributed by atoms with van der Waals surface area (Å²) >= 11 is 17.7. The Morgan fingerprint density at radius 3 is 2.19 bits per heavy atom. The minimum absolute atomic E-state index is 0.0202. The molecule has 1 aromatic carbocycles. The summed E-state index contributed by atoms with van der Waals surface area (Å²) in [4.78, 5) is 23.4. The maximum absolute atomic E-state index is 11.8. The Balaban J connectivity index is 2.61. The number of carbonyl (C=O) groups excluding carboxylic acids is 2. The van der Waals surface area contributed by atoms with Gasteiger partial charge in [-0.25, -0.2) is 0 Å². The molecule has 0 fully saturated rings. The van der Waals surface area contributed by atoms with Gasteiger partial charge in [0.05, 0.1) is 28.3 Å². The number of halogens is 3. The molecule has 1 atom stereocenters. The van der Waals surface area contributed by atoms with Gasteiger partial charge in [-0.1, -0.05) is 48.7 Å². The van der Waals surface area contributed by atoms with Crippen molar-refractivity contribution < 1.29 is 9.59 Å². The van der Waals surface area contributed by atoms with Gasteiger partial charge >= 0.3 is 0 Å². The van der Waals surface area contributed by atoms with E-state index < -0.39 is 17.9 Å². The highest BCUT2D eigenvalue weighted by molar-refractivity contribution is 6.42. The molecule has 0 aliphatic carbocycles. The Kier molecular flexibility index (Phi) is 6.74. The van der Waals surface area contributed by atoms with Crippen LogP contribution in [0.2, 0.25) is 15.1 Å². The highest BCUT2D eigenvalue weighted by atomic mass is 35.5. The maximum atomic E-state index is 11.8. The SMILES string of the molecule is CC(C)[C@H](N)C(=O)NCC(=O)Nc1c(Cl)cc(Cl)cc1Cl. The zero-order valence-corrected chi connectivity index (χ0v) is 13.8. The van der Waals surface area contributed by atoms with Crippen LogP contribution in [-0.2, 0) is 9.59 Å². The van der Waals surface area contributed by atoms with Gasteiger partial charge in [0.15, 0.2) is 0 Å². The van der Waals surface area contributed by atoms with E-state index in [4.69, 9.17) is 40.5 Å². The molecule has 116 valence electrons. The number of nitrogens with one attached hydrogen (secondary N) is 2. The zero-order valence-electron chi connectivity index (χ0n) is 11.5. The fourth-order valence-electron chi connectivity index (χ4n) is 1.43. The predicted molar refractivity (Wildman–Crippen MR) is 85.9 cm³/mol. The third-order valence-corrected chi connectivity index (χ3v) is 3.53. The largest absolute Gasteiger partial charge is 0.346 e. The number of rotatable bonds is 5. The van der Waals surface area contributed by atoms with Crippen LogP contribution >= 0.6 is 34.8 Å². The quantitative estimate of drug-likeness (QED) is 0.761. The molecule has 1 aromatic rings. The normalized spacial score (nSPS) is 12.1. The Morgan fingerprint density at radius 2 is 1.71 bits per heavy atom. The van der Waals surface area contributed by atoms with E-state index >= 15 is 0 Å². The Morgan fingerprint density at radius 1 is 1.19 bits per heavy atom. The van der Waals surface area contributed by atoms with Crippen molar-refractivity contribution in [2.24, 2.45) is 11.7 Å². The van der Waals surface area contributed by atoms with E-state index in [1.807, 2.05) is 13.8 Å². The number of anilines is 1. The first-order valence-corrected chi connectivity index (χ1v) is 7.33. The number of amides is 2. The highest BCUT2D eigenvalue weighted by Gasteiger charge is 2.18. The average Bonchev–Trinajstić information content (AvgIpc) is 2.39. The van der Waals surface area contributed by atoms with Crippen molar-refractivity contribution in [3.63, 3.8) is 0 Å². The van der Waals surface area contributed by atoms with Crippen molar-refractivity contribution >= 4 is 52.3 Å². The third-order valence-electron chi connectivity index (χ3n) is 2.72. The molecule has 0 aromatic heterocycles. The lowest BCUT2D eigenvalue weighted by Gasteiger charge is -2.15. The number of carbonyl (C=O) groups is 2. The van der Waals surface area contributed by atoms with Crippen molar-refractivity contribution in [1.29, 1.82) is 0 Å². The summed E-state index contributed by atoms with van der Waals surface area (Å²) < 4.78 is 0. The van der Waals surface area contributed by atoms with Crippen molar-refractivity contribution in [1.82, 2.24) is 5.32 Å². The van der Waals surface area contributed by atoms with Crippen LogP contribution in [0.1, 0.15) is 13.8 Å². The molecule has 0 spiro atoms. The van der Waals surface area contributed by atoms with Gasteiger partial charge in [0.25, 0.3) is 0 Å². The molecule has 0 saturated heterocycles. The van der Waals surface area contributed by atoms with E-state index in [2.05, 4.69) is 10.6 Å². The second-order valence-corrected chi connectivity index (χ2v) is 6.03. The van der Waals surface area contributed by atoms with E-state index in [9.17, 15) is 9.59 Å². The average molecular weight is 353 g/mol. The van der Waals surface area contributed by atoms with Gasteiger partial charge in [0.1, 0.15) is 0 Å². The lowest BCUT2D eigenvalue weighted by atomic mass is 10.1. The van der Waals surface area contributed by atoms with Crippen LogP contribution in [0, 0.1) is 5.92 Å². The first-order chi connectivity index (χ1) is 9.72. The van der Waals surface area contributed by atoms with Gasteiger partial charge in [-0.2, -0.15) is 0 Å². The van der Waals surface area contributed by atoms with E-state index in [-0.39, 0.29) is 28.2 Å². The van der Waals surface area contributed by atoms with Crippen molar-refractivity contribution in [3.8, 4) is 0 Å². The number of benzene rings is 1. The fraction of sp³-hybridized carbons (Fsp3) is 0.385. The van der Waals surface area contributed by atoms with E-state index in [1.165, 1.54) is 12.1 Å². The van der Waals surface area contributed by atoms with E-state index in [0.29, 0.717) is 5.02 Å². The van der Waals surface area contributed by atoms with Crippen molar-refractivity contribution in [3.05, 3.63) is 27.2 Å². The van der Waals surface area contributed by atoms with E-state index in [1.54, 1.807) is 0 Å². The van der Waals surface area contributed by atoms with Crippen LogP contribution in [0.5, 0.6) is 0 Å². The molecule has 0 unspecified atom stereocenters. The van der Waals surface area contributed by atoms with Crippen LogP contribution in [-0.4, -0.2) is 24.4 Å². The van der Waals surface area contributed by atoms with Gasteiger partial charge in [0, 0.05) is 5.02 Å². The van der Waals surface area contributed by atoms with Crippen LogP contribution < -0.4 is 16.4 Å². The second-order valence-electron chi connectivity index (χ2n) is 4.78. The molecule has 0 heterocycles. The number of nitrogens with two attached hydrogens (primary N) is 1. The Bertz CT molecular complexity index is 526. The standard InChI is InChI=1S/C13H16Cl3N3O2/c1-6(2)11(17)13(21)18-5-10(20)19-12-8(15)3-7(14)4-9(12)16/h3-4,6,11H,5,17H2,1-2H3,(H,18,21)(H,19,20)/t11-/m0/s1. The van der Waals surface area contributed by atoms with Crippen LogP contribution in [0.15, 0.2) is 12.1 Å². The molecule has 0 radical (unpaired) electrons. The minimum Gasteiger partial charge on any atom is -0.346 e. The van der Waals surface area contributed by atoms with Gasteiger partial charge < -0.3 is 16.4 Å². The smallest absolute Gasteiger partial charge is 0.243 e. The lowest BCUT2D eigenvalue weighted by molar-refractivity contribution is -0.125. The summed E-state index contributed by atoms with van der Waals surface area (Å²) in [6, 6.07) is 2.25. The van der Waals surface area contributed by atoms with Crippen LogP contribution in [0.3, 0.4) is 0 Å².